The summed E-state index contributed by atoms with van der Waals surface area (Å²) in [6.45, 7) is 3.25. The fourth-order valence-corrected chi connectivity index (χ4v) is 3.51. The average molecular weight is 359 g/mol. The smallest absolute Gasteiger partial charge is 0.234 e. The highest BCUT2D eigenvalue weighted by molar-refractivity contribution is 5.83. The summed E-state index contributed by atoms with van der Waals surface area (Å²) < 4.78 is 0. The van der Waals surface area contributed by atoms with E-state index in [1.165, 1.54) is 23.6 Å². The van der Waals surface area contributed by atoms with Gasteiger partial charge < -0.3 is 5.32 Å². The molecule has 1 aliphatic carbocycles. The molecular weight excluding hydrogens is 334 g/mol. The zero-order chi connectivity index (χ0) is 18.6. The Morgan fingerprint density at radius 3 is 2.70 bits per heavy atom. The van der Waals surface area contributed by atoms with E-state index in [1.54, 1.807) is 6.20 Å². The lowest BCUT2D eigenvalue weighted by Crippen LogP contribution is -2.39. The van der Waals surface area contributed by atoms with Crippen LogP contribution in [-0.4, -0.2) is 28.4 Å². The van der Waals surface area contributed by atoms with Crippen molar-refractivity contribution in [1.82, 2.24) is 15.2 Å². The summed E-state index contributed by atoms with van der Waals surface area (Å²) in [4.78, 5) is 19.1. The Bertz CT molecular complexity index is 921. The summed E-state index contributed by atoms with van der Waals surface area (Å²) in [5, 5.41) is 5.58. The molecule has 4 rings (SSSR count). The van der Waals surface area contributed by atoms with Crippen molar-refractivity contribution in [2.24, 2.45) is 0 Å². The van der Waals surface area contributed by atoms with Gasteiger partial charge in [-0.05, 0) is 53.8 Å². The lowest BCUT2D eigenvalue weighted by Gasteiger charge is -2.23. The van der Waals surface area contributed by atoms with Crippen LogP contribution in [-0.2, 0) is 11.3 Å². The van der Waals surface area contributed by atoms with Crippen molar-refractivity contribution < 1.29 is 4.79 Å². The Morgan fingerprint density at radius 1 is 1.15 bits per heavy atom. The molecule has 4 heteroatoms. The van der Waals surface area contributed by atoms with Gasteiger partial charge in [0.15, 0.2) is 0 Å². The molecule has 3 aromatic rings. The van der Waals surface area contributed by atoms with Crippen LogP contribution in [0.2, 0.25) is 0 Å². The standard InChI is InChI=1S/C23H25N3O/c1-17(20-9-8-19-6-2-3-7-21(19)13-20)25-23(27)16-26(22-10-11-22)15-18-5-4-12-24-14-18/h2-9,12-14,17,22H,10-11,15-16H2,1H3,(H,25,27)/t17-/m1/s1. The van der Waals surface area contributed by atoms with Crippen LogP contribution in [0, 0.1) is 0 Å². The topological polar surface area (TPSA) is 45.2 Å². The molecule has 1 atom stereocenters. The van der Waals surface area contributed by atoms with Crippen LogP contribution in [0.5, 0.6) is 0 Å². The van der Waals surface area contributed by atoms with Gasteiger partial charge >= 0.3 is 0 Å². The SMILES string of the molecule is C[C@@H](NC(=O)CN(Cc1cccnc1)C1CC1)c1ccc2ccccc2c1. The van der Waals surface area contributed by atoms with Gasteiger partial charge in [0.05, 0.1) is 12.6 Å². The number of aromatic nitrogens is 1. The number of amides is 1. The van der Waals surface area contributed by atoms with Crippen molar-refractivity contribution in [3.8, 4) is 0 Å². The second-order valence-electron chi connectivity index (χ2n) is 7.39. The molecule has 27 heavy (non-hydrogen) atoms. The van der Waals surface area contributed by atoms with E-state index in [2.05, 4.69) is 51.6 Å². The number of hydrogen-bond donors (Lipinski definition) is 1. The van der Waals surface area contributed by atoms with E-state index >= 15 is 0 Å². The van der Waals surface area contributed by atoms with Crippen molar-refractivity contribution in [2.75, 3.05) is 6.54 Å². The van der Waals surface area contributed by atoms with Crippen molar-refractivity contribution in [2.45, 2.75) is 38.4 Å². The van der Waals surface area contributed by atoms with Crippen LogP contribution in [0.15, 0.2) is 67.0 Å². The maximum Gasteiger partial charge on any atom is 0.234 e. The molecule has 0 radical (unpaired) electrons. The minimum atomic E-state index is -0.0125. The lowest BCUT2D eigenvalue weighted by molar-refractivity contribution is -0.123. The van der Waals surface area contributed by atoms with Crippen molar-refractivity contribution in [3.05, 3.63) is 78.1 Å². The van der Waals surface area contributed by atoms with Crippen LogP contribution in [0.4, 0.5) is 0 Å². The van der Waals surface area contributed by atoms with Crippen molar-refractivity contribution >= 4 is 16.7 Å². The molecule has 1 heterocycles. The molecule has 1 fully saturated rings. The third-order valence-corrected chi connectivity index (χ3v) is 5.17. The molecule has 0 aliphatic heterocycles. The fraction of sp³-hybridized carbons (Fsp3) is 0.304. The van der Waals surface area contributed by atoms with E-state index in [0.717, 1.165) is 17.7 Å². The zero-order valence-corrected chi connectivity index (χ0v) is 15.6. The summed E-state index contributed by atoms with van der Waals surface area (Å²) in [6, 6.07) is 19.2. The Hall–Kier alpha value is -2.72. The third kappa shape index (κ3) is 4.52. The Morgan fingerprint density at radius 2 is 1.96 bits per heavy atom. The maximum atomic E-state index is 12.7. The monoisotopic (exact) mass is 359 g/mol. The van der Waals surface area contributed by atoms with Crippen molar-refractivity contribution in [1.29, 1.82) is 0 Å². The van der Waals surface area contributed by atoms with Crippen LogP contribution in [0.3, 0.4) is 0 Å². The van der Waals surface area contributed by atoms with Crippen LogP contribution in [0.25, 0.3) is 10.8 Å². The molecule has 0 spiro atoms. The van der Waals surface area contributed by atoms with Crippen molar-refractivity contribution in [3.63, 3.8) is 0 Å². The quantitative estimate of drug-likeness (QED) is 0.691. The number of nitrogens with one attached hydrogen (secondary N) is 1. The fourth-order valence-electron chi connectivity index (χ4n) is 3.51. The van der Waals surface area contributed by atoms with Crippen LogP contribution < -0.4 is 5.32 Å². The first kappa shape index (κ1) is 17.7. The number of rotatable bonds is 7. The van der Waals surface area contributed by atoms with Gasteiger partial charge in [-0.3, -0.25) is 14.7 Å². The Labute approximate surface area is 160 Å². The first-order valence-corrected chi connectivity index (χ1v) is 9.60. The van der Waals surface area contributed by atoms with Gasteiger partial charge in [-0.15, -0.1) is 0 Å². The molecule has 2 aromatic carbocycles. The average Bonchev–Trinajstić information content (AvgIpc) is 3.53. The lowest BCUT2D eigenvalue weighted by atomic mass is 10.0. The predicted molar refractivity (Wildman–Crippen MR) is 108 cm³/mol. The minimum Gasteiger partial charge on any atom is -0.348 e. The normalized spacial score (nSPS) is 15.0. The number of nitrogens with zero attached hydrogens (tertiary/aromatic N) is 2. The zero-order valence-electron chi connectivity index (χ0n) is 15.6. The summed E-state index contributed by atoms with van der Waals surface area (Å²) in [5.41, 5.74) is 2.28. The van der Waals surface area contributed by atoms with Crippen LogP contribution >= 0.6 is 0 Å². The van der Waals surface area contributed by atoms with Gasteiger partial charge in [0, 0.05) is 25.0 Å². The first-order chi connectivity index (χ1) is 13.2. The molecular formula is C23H25N3O. The molecule has 4 nitrogen and oxygen atoms in total. The molecule has 1 saturated carbocycles. The molecule has 0 unspecified atom stereocenters. The Balaban J connectivity index is 1.39. The number of benzene rings is 2. The molecule has 138 valence electrons. The van der Waals surface area contributed by atoms with Gasteiger partial charge in [0.25, 0.3) is 0 Å². The number of carbonyl (C=O) groups excluding carboxylic acids is 1. The minimum absolute atomic E-state index is 0.0125. The number of hydrogen-bond acceptors (Lipinski definition) is 3. The van der Waals surface area contributed by atoms with Gasteiger partial charge in [-0.2, -0.15) is 0 Å². The maximum absolute atomic E-state index is 12.7. The van der Waals surface area contributed by atoms with E-state index in [0.29, 0.717) is 12.6 Å². The summed E-state index contributed by atoms with van der Waals surface area (Å²) in [6.07, 6.45) is 6.01. The third-order valence-electron chi connectivity index (χ3n) is 5.17. The molecule has 0 saturated heterocycles. The van der Waals surface area contributed by atoms with Gasteiger partial charge in [0.1, 0.15) is 0 Å². The van der Waals surface area contributed by atoms with Gasteiger partial charge in [-0.25, -0.2) is 0 Å². The second kappa shape index (κ2) is 7.89. The highest BCUT2D eigenvalue weighted by Gasteiger charge is 2.30. The van der Waals surface area contributed by atoms with Gasteiger partial charge in [-0.1, -0.05) is 42.5 Å². The van der Waals surface area contributed by atoms with E-state index in [1.807, 2.05) is 31.3 Å². The molecule has 0 bridgehead atoms. The van der Waals surface area contributed by atoms with E-state index < -0.39 is 0 Å². The highest BCUT2D eigenvalue weighted by Crippen LogP contribution is 2.28. The Kier molecular flexibility index (Phi) is 5.16. The predicted octanol–water partition coefficient (Wildman–Crippen LogP) is 4.08. The summed E-state index contributed by atoms with van der Waals surface area (Å²) >= 11 is 0. The van der Waals surface area contributed by atoms with E-state index in [4.69, 9.17) is 0 Å². The molecule has 1 amide bonds. The molecule has 1 N–H and O–H groups in total. The number of fused-ring (bicyclic) bond motifs is 1. The largest absolute Gasteiger partial charge is 0.348 e. The van der Waals surface area contributed by atoms with Crippen LogP contribution in [0.1, 0.15) is 36.9 Å². The number of pyridine rings is 1. The molecule has 1 aromatic heterocycles. The second-order valence-corrected chi connectivity index (χ2v) is 7.39. The first-order valence-electron chi connectivity index (χ1n) is 9.60. The van der Waals surface area contributed by atoms with Gasteiger partial charge in [0.2, 0.25) is 5.91 Å². The van der Waals surface area contributed by atoms with E-state index in [9.17, 15) is 4.79 Å². The molecule has 1 aliphatic rings. The summed E-state index contributed by atoms with van der Waals surface area (Å²) in [5.74, 6) is 0.0754. The summed E-state index contributed by atoms with van der Waals surface area (Å²) in [7, 11) is 0. The van der Waals surface area contributed by atoms with E-state index in [-0.39, 0.29) is 11.9 Å². The highest BCUT2D eigenvalue weighted by atomic mass is 16.2. The number of carbonyl (C=O) groups is 1.